The highest BCUT2D eigenvalue weighted by Gasteiger charge is 2.45. The van der Waals surface area contributed by atoms with Crippen LogP contribution in [0.15, 0.2) is 0 Å². The van der Waals surface area contributed by atoms with E-state index in [2.05, 4.69) is 23.2 Å². The van der Waals surface area contributed by atoms with Crippen molar-refractivity contribution in [3.8, 4) is 6.07 Å². The smallest absolute Gasteiger partial charge is 0.240 e. The van der Waals surface area contributed by atoms with Gasteiger partial charge in [-0.25, -0.2) is 0 Å². The van der Waals surface area contributed by atoms with Crippen molar-refractivity contribution in [3.63, 3.8) is 0 Å². The van der Waals surface area contributed by atoms with Gasteiger partial charge in [-0.05, 0) is 39.0 Å². The summed E-state index contributed by atoms with van der Waals surface area (Å²) in [6.45, 7) is 7.74. The molecule has 1 aliphatic heterocycles. The molecule has 4 heteroatoms. The fourth-order valence-electron chi connectivity index (χ4n) is 3.59. The van der Waals surface area contributed by atoms with Crippen molar-refractivity contribution in [2.75, 3.05) is 13.1 Å². The number of carbonyl (C=O) groups excluding carboxylic acids is 1. The predicted molar refractivity (Wildman–Crippen MR) is 74.3 cm³/mol. The SMILES string of the molecule is CCC1CCC(C#N)C(N2CCNC(=O)C2(C)C)C1. The molecule has 0 aromatic heterocycles. The molecule has 3 unspecified atom stereocenters. The summed E-state index contributed by atoms with van der Waals surface area (Å²) in [6.07, 6.45) is 4.38. The van der Waals surface area contributed by atoms with Crippen LogP contribution in [0.5, 0.6) is 0 Å². The number of hydrogen-bond donors (Lipinski definition) is 1. The molecule has 0 aromatic rings. The maximum atomic E-state index is 12.1. The predicted octanol–water partition coefficient (Wildman–Crippen LogP) is 1.92. The average Bonchev–Trinajstić information content (AvgIpc) is 2.41. The lowest BCUT2D eigenvalue weighted by Gasteiger charge is -2.49. The highest BCUT2D eigenvalue weighted by atomic mass is 16.2. The highest BCUT2D eigenvalue weighted by Crippen LogP contribution is 2.37. The molecule has 2 rings (SSSR count). The van der Waals surface area contributed by atoms with Gasteiger partial charge in [0.2, 0.25) is 5.91 Å². The second kappa shape index (κ2) is 5.50. The number of hydrogen-bond acceptors (Lipinski definition) is 3. The average molecular weight is 263 g/mol. The monoisotopic (exact) mass is 263 g/mol. The molecule has 1 heterocycles. The topological polar surface area (TPSA) is 56.1 Å². The lowest BCUT2D eigenvalue weighted by atomic mass is 9.75. The Hall–Kier alpha value is -1.08. The van der Waals surface area contributed by atoms with Gasteiger partial charge in [-0.1, -0.05) is 13.3 Å². The van der Waals surface area contributed by atoms with Gasteiger partial charge in [0.05, 0.1) is 17.5 Å². The van der Waals surface area contributed by atoms with E-state index in [9.17, 15) is 10.1 Å². The summed E-state index contributed by atoms with van der Waals surface area (Å²) in [4.78, 5) is 14.4. The molecule has 1 saturated heterocycles. The Morgan fingerprint density at radius 1 is 1.47 bits per heavy atom. The molecule has 2 aliphatic rings. The van der Waals surface area contributed by atoms with Gasteiger partial charge >= 0.3 is 0 Å². The van der Waals surface area contributed by atoms with E-state index in [0.29, 0.717) is 12.5 Å². The maximum Gasteiger partial charge on any atom is 0.240 e. The first kappa shape index (κ1) is 14.3. The summed E-state index contributed by atoms with van der Waals surface area (Å²) in [6, 6.07) is 2.72. The van der Waals surface area contributed by atoms with E-state index in [0.717, 1.165) is 25.8 Å². The normalized spacial score (nSPS) is 35.5. The molecule has 0 radical (unpaired) electrons. The first-order chi connectivity index (χ1) is 9.00. The van der Waals surface area contributed by atoms with Crippen molar-refractivity contribution in [2.45, 2.75) is 58.0 Å². The number of nitrogens with one attached hydrogen (secondary N) is 1. The van der Waals surface area contributed by atoms with E-state index >= 15 is 0 Å². The largest absolute Gasteiger partial charge is 0.353 e. The van der Waals surface area contributed by atoms with Crippen LogP contribution in [0.25, 0.3) is 0 Å². The number of rotatable bonds is 2. The molecular formula is C15H25N3O. The summed E-state index contributed by atoms with van der Waals surface area (Å²) in [5, 5.41) is 12.3. The molecule has 1 amide bonds. The van der Waals surface area contributed by atoms with Crippen molar-refractivity contribution >= 4 is 5.91 Å². The van der Waals surface area contributed by atoms with Gasteiger partial charge in [-0.2, -0.15) is 5.26 Å². The van der Waals surface area contributed by atoms with Crippen molar-refractivity contribution in [1.29, 1.82) is 5.26 Å². The van der Waals surface area contributed by atoms with Crippen LogP contribution in [-0.4, -0.2) is 35.5 Å². The number of nitriles is 1. The maximum absolute atomic E-state index is 12.1. The molecular weight excluding hydrogens is 238 g/mol. The third-order valence-corrected chi connectivity index (χ3v) is 4.98. The number of carbonyl (C=O) groups is 1. The van der Waals surface area contributed by atoms with Crippen LogP contribution in [0.4, 0.5) is 0 Å². The van der Waals surface area contributed by atoms with Gasteiger partial charge in [0, 0.05) is 19.1 Å². The van der Waals surface area contributed by atoms with Crippen LogP contribution in [-0.2, 0) is 4.79 Å². The quantitative estimate of drug-likeness (QED) is 0.828. The minimum atomic E-state index is -0.492. The Morgan fingerprint density at radius 3 is 2.84 bits per heavy atom. The first-order valence-electron chi connectivity index (χ1n) is 7.45. The molecule has 19 heavy (non-hydrogen) atoms. The molecule has 1 aliphatic carbocycles. The van der Waals surface area contributed by atoms with Gasteiger partial charge in [0.25, 0.3) is 0 Å². The van der Waals surface area contributed by atoms with E-state index in [1.165, 1.54) is 6.42 Å². The van der Waals surface area contributed by atoms with E-state index in [-0.39, 0.29) is 17.9 Å². The molecule has 0 spiro atoms. The molecule has 1 N–H and O–H groups in total. The number of amides is 1. The lowest BCUT2D eigenvalue weighted by Crippen LogP contribution is -2.66. The zero-order valence-electron chi connectivity index (χ0n) is 12.3. The molecule has 1 saturated carbocycles. The second-order valence-corrected chi connectivity index (χ2v) is 6.40. The second-order valence-electron chi connectivity index (χ2n) is 6.40. The van der Waals surface area contributed by atoms with E-state index in [4.69, 9.17) is 0 Å². The van der Waals surface area contributed by atoms with E-state index < -0.39 is 5.54 Å². The first-order valence-corrected chi connectivity index (χ1v) is 7.45. The number of nitrogens with zero attached hydrogens (tertiary/aromatic N) is 2. The third-order valence-electron chi connectivity index (χ3n) is 4.98. The third kappa shape index (κ3) is 2.62. The highest BCUT2D eigenvalue weighted by molar-refractivity contribution is 5.86. The van der Waals surface area contributed by atoms with E-state index in [1.807, 2.05) is 13.8 Å². The summed E-state index contributed by atoms with van der Waals surface area (Å²) in [7, 11) is 0. The van der Waals surface area contributed by atoms with Crippen molar-refractivity contribution in [2.24, 2.45) is 11.8 Å². The Bertz CT molecular complexity index is 385. The van der Waals surface area contributed by atoms with Crippen LogP contribution >= 0.6 is 0 Å². The summed E-state index contributed by atoms with van der Waals surface area (Å²) < 4.78 is 0. The Kier molecular flexibility index (Phi) is 4.15. The van der Waals surface area contributed by atoms with Crippen LogP contribution < -0.4 is 5.32 Å². The summed E-state index contributed by atoms with van der Waals surface area (Å²) in [5.74, 6) is 0.873. The Balaban J connectivity index is 2.21. The van der Waals surface area contributed by atoms with Gasteiger partial charge in [-0.15, -0.1) is 0 Å². The van der Waals surface area contributed by atoms with Gasteiger partial charge in [0.15, 0.2) is 0 Å². The number of piperazine rings is 1. The molecule has 3 atom stereocenters. The minimum absolute atomic E-state index is 0.0768. The van der Waals surface area contributed by atoms with Gasteiger partial charge in [-0.3, -0.25) is 9.69 Å². The lowest BCUT2D eigenvalue weighted by molar-refractivity contribution is -0.138. The minimum Gasteiger partial charge on any atom is -0.353 e. The van der Waals surface area contributed by atoms with Crippen LogP contribution in [0.2, 0.25) is 0 Å². The molecule has 2 fully saturated rings. The Morgan fingerprint density at radius 2 is 2.21 bits per heavy atom. The molecule has 4 nitrogen and oxygen atoms in total. The van der Waals surface area contributed by atoms with Crippen LogP contribution in [0.1, 0.15) is 46.5 Å². The summed E-state index contributed by atoms with van der Waals surface area (Å²) >= 11 is 0. The van der Waals surface area contributed by atoms with Crippen LogP contribution in [0.3, 0.4) is 0 Å². The fourth-order valence-corrected chi connectivity index (χ4v) is 3.59. The molecule has 106 valence electrons. The molecule has 0 aromatic carbocycles. The van der Waals surface area contributed by atoms with Gasteiger partial charge < -0.3 is 5.32 Å². The Labute approximate surface area is 116 Å². The standard InChI is InChI=1S/C15H25N3O/c1-4-11-5-6-12(10-16)13(9-11)18-8-7-17-14(19)15(18,2)3/h11-13H,4-9H2,1-3H3,(H,17,19). The zero-order chi connectivity index (χ0) is 14.0. The van der Waals surface area contributed by atoms with Crippen molar-refractivity contribution in [1.82, 2.24) is 10.2 Å². The van der Waals surface area contributed by atoms with Gasteiger partial charge in [0.1, 0.15) is 0 Å². The van der Waals surface area contributed by atoms with Crippen molar-refractivity contribution in [3.05, 3.63) is 0 Å². The zero-order valence-corrected chi connectivity index (χ0v) is 12.3. The van der Waals surface area contributed by atoms with Crippen LogP contribution in [0, 0.1) is 23.2 Å². The molecule has 0 bridgehead atoms. The summed E-state index contributed by atoms with van der Waals surface area (Å²) in [5.41, 5.74) is -0.492. The van der Waals surface area contributed by atoms with Crippen molar-refractivity contribution < 1.29 is 4.79 Å². The fraction of sp³-hybridized carbons (Fsp3) is 0.867. The van der Waals surface area contributed by atoms with E-state index in [1.54, 1.807) is 0 Å².